The summed E-state index contributed by atoms with van der Waals surface area (Å²) in [6.07, 6.45) is 6.09. The van der Waals surface area contributed by atoms with Crippen LogP contribution < -0.4 is 0 Å². The van der Waals surface area contributed by atoms with Crippen molar-refractivity contribution in [1.82, 2.24) is 4.90 Å². The maximum atomic E-state index is 12.9. The quantitative estimate of drug-likeness (QED) is 0.634. The Bertz CT molecular complexity index is 651. The Morgan fingerprint density at radius 2 is 2.14 bits per heavy atom. The number of rotatable bonds is 3. The van der Waals surface area contributed by atoms with E-state index < -0.39 is 5.97 Å². The number of hydrogen-bond acceptors (Lipinski definition) is 4. The van der Waals surface area contributed by atoms with Gasteiger partial charge < -0.3 is 9.64 Å². The molecule has 1 aromatic rings. The van der Waals surface area contributed by atoms with Crippen LogP contribution in [0.3, 0.4) is 0 Å². The van der Waals surface area contributed by atoms with Crippen LogP contribution in [0, 0.1) is 0 Å². The normalized spacial score (nSPS) is 21.3. The Balaban J connectivity index is 2.05. The predicted octanol–water partition coefficient (Wildman–Crippen LogP) is 3.36. The minimum Gasteiger partial charge on any atom is -0.465 e. The molecule has 1 aromatic heterocycles. The summed E-state index contributed by atoms with van der Waals surface area (Å²) in [5.74, 6) is -0.507. The van der Waals surface area contributed by atoms with Crippen molar-refractivity contribution >= 4 is 29.3 Å². The zero-order valence-corrected chi connectivity index (χ0v) is 13.6. The molecule has 116 valence electrons. The average molecular weight is 317 g/mol. The number of ether oxygens (including phenoxy) is 1. The van der Waals surface area contributed by atoms with Crippen molar-refractivity contribution in [2.24, 2.45) is 0 Å². The number of esters is 1. The van der Waals surface area contributed by atoms with Crippen molar-refractivity contribution in [1.29, 1.82) is 0 Å². The van der Waals surface area contributed by atoms with Gasteiger partial charge in [0, 0.05) is 16.6 Å². The van der Waals surface area contributed by atoms with Gasteiger partial charge >= 0.3 is 5.97 Å². The highest BCUT2D eigenvalue weighted by Crippen LogP contribution is 2.37. The first-order valence-electron chi connectivity index (χ1n) is 7.52. The molecule has 22 heavy (non-hydrogen) atoms. The van der Waals surface area contributed by atoms with Crippen LogP contribution in [0.15, 0.2) is 34.4 Å². The lowest BCUT2D eigenvalue weighted by atomic mass is 10.1. The third-order valence-corrected chi connectivity index (χ3v) is 5.17. The Kier molecular flexibility index (Phi) is 4.16. The van der Waals surface area contributed by atoms with Crippen molar-refractivity contribution in [3.05, 3.63) is 39.2 Å². The molecule has 5 heteroatoms. The van der Waals surface area contributed by atoms with Gasteiger partial charge in [0.1, 0.15) is 0 Å². The molecule has 4 nitrogen and oxygen atoms in total. The minimum atomic E-state index is -0.436. The fourth-order valence-electron chi connectivity index (χ4n) is 3.32. The second-order valence-electron chi connectivity index (χ2n) is 5.64. The van der Waals surface area contributed by atoms with E-state index in [0.29, 0.717) is 11.1 Å². The van der Waals surface area contributed by atoms with E-state index in [4.69, 9.17) is 4.74 Å². The number of carbonyl (C=O) groups is 2. The number of hydrogen-bond donors (Lipinski definition) is 0. The van der Waals surface area contributed by atoms with Crippen LogP contribution in [0.1, 0.15) is 37.5 Å². The van der Waals surface area contributed by atoms with E-state index in [-0.39, 0.29) is 11.9 Å². The molecule has 0 spiro atoms. The molecule has 1 aliphatic carbocycles. The van der Waals surface area contributed by atoms with Gasteiger partial charge in [-0.25, -0.2) is 4.79 Å². The zero-order chi connectivity index (χ0) is 15.7. The van der Waals surface area contributed by atoms with Crippen LogP contribution in [0.4, 0.5) is 0 Å². The summed E-state index contributed by atoms with van der Waals surface area (Å²) in [5, 5.41) is 1.95. The van der Waals surface area contributed by atoms with E-state index in [9.17, 15) is 9.59 Å². The van der Waals surface area contributed by atoms with Crippen LogP contribution in [-0.4, -0.2) is 29.9 Å². The van der Waals surface area contributed by atoms with Gasteiger partial charge in [0.05, 0.1) is 18.3 Å². The molecule has 1 amide bonds. The summed E-state index contributed by atoms with van der Waals surface area (Å²) >= 11 is 1.55. The Labute approximate surface area is 134 Å². The van der Waals surface area contributed by atoms with Crippen LogP contribution in [0.5, 0.6) is 0 Å². The molecule has 2 heterocycles. The summed E-state index contributed by atoms with van der Waals surface area (Å²) in [7, 11) is 1.36. The molecular formula is C17H19NO3S. The van der Waals surface area contributed by atoms with E-state index in [1.54, 1.807) is 22.3 Å². The standard InChI is InChI=1S/C17H19NO3S/c1-11-15(17(20)21-2)14(10-13-8-5-9-22-13)16(19)18(11)12-6-3-4-7-12/h5,8-10,12H,3-4,6-7H2,1-2H3. The van der Waals surface area contributed by atoms with E-state index in [2.05, 4.69) is 0 Å². The Morgan fingerprint density at radius 1 is 1.41 bits per heavy atom. The summed E-state index contributed by atoms with van der Waals surface area (Å²) in [5.41, 5.74) is 1.60. The van der Waals surface area contributed by atoms with Crippen molar-refractivity contribution in [3.63, 3.8) is 0 Å². The van der Waals surface area contributed by atoms with Gasteiger partial charge in [-0.05, 0) is 37.3 Å². The molecule has 0 bridgehead atoms. The molecule has 0 saturated heterocycles. The summed E-state index contributed by atoms with van der Waals surface area (Å²) in [6, 6.07) is 4.08. The Morgan fingerprint density at radius 3 is 2.73 bits per heavy atom. The molecule has 0 N–H and O–H groups in total. The number of nitrogens with zero attached hydrogens (tertiary/aromatic N) is 1. The molecule has 1 fully saturated rings. The lowest BCUT2D eigenvalue weighted by Crippen LogP contribution is -2.34. The lowest BCUT2D eigenvalue weighted by molar-refractivity contribution is -0.136. The first-order valence-corrected chi connectivity index (χ1v) is 8.39. The summed E-state index contributed by atoms with van der Waals surface area (Å²) in [4.78, 5) is 27.8. The van der Waals surface area contributed by atoms with Crippen molar-refractivity contribution in [2.75, 3.05) is 7.11 Å². The van der Waals surface area contributed by atoms with Gasteiger partial charge in [0.25, 0.3) is 5.91 Å². The predicted molar refractivity (Wildman–Crippen MR) is 86.1 cm³/mol. The second-order valence-corrected chi connectivity index (χ2v) is 6.62. The lowest BCUT2D eigenvalue weighted by Gasteiger charge is -2.25. The fourth-order valence-corrected chi connectivity index (χ4v) is 3.97. The number of methoxy groups -OCH3 is 1. The van der Waals surface area contributed by atoms with Gasteiger partial charge in [-0.2, -0.15) is 0 Å². The largest absolute Gasteiger partial charge is 0.465 e. The molecule has 3 rings (SSSR count). The molecule has 0 radical (unpaired) electrons. The second kappa shape index (κ2) is 6.08. The number of amides is 1. The van der Waals surface area contributed by atoms with Crippen molar-refractivity contribution in [2.45, 2.75) is 38.6 Å². The first kappa shape index (κ1) is 15.0. The van der Waals surface area contributed by atoms with Gasteiger partial charge in [-0.3, -0.25) is 4.79 Å². The molecule has 1 aliphatic heterocycles. The van der Waals surface area contributed by atoms with Gasteiger partial charge in [-0.1, -0.05) is 18.9 Å². The molecule has 1 saturated carbocycles. The third-order valence-electron chi connectivity index (χ3n) is 4.35. The minimum absolute atomic E-state index is 0.0711. The molecule has 0 atom stereocenters. The van der Waals surface area contributed by atoms with Crippen LogP contribution in [0.2, 0.25) is 0 Å². The molecule has 0 aromatic carbocycles. The van der Waals surface area contributed by atoms with E-state index in [1.807, 2.05) is 24.4 Å². The third kappa shape index (κ3) is 2.50. The SMILES string of the molecule is COC(=O)C1=C(C)N(C2CCCC2)C(=O)C1=Cc1cccs1. The molecule has 2 aliphatic rings. The highest BCUT2D eigenvalue weighted by atomic mass is 32.1. The zero-order valence-electron chi connectivity index (χ0n) is 12.8. The van der Waals surface area contributed by atoms with Crippen LogP contribution in [0.25, 0.3) is 6.08 Å². The average Bonchev–Trinajstić information content (AvgIpc) is 3.22. The van der Waals surface area contributed by atoms with E-state index >= 15 is 0 Å². The van der Waals surface area contributed by atoms with Gasteiger partial charge in [0.2, 0.25) is 0 Å². The maximum absolute atomic E-state index is 12.9. The topological polar surface area (TPSA) is 46.6 Å². The molecule has 0 unspecified atom stereocenters. The highest BCUT2D eigenvalue weighted by Gasteiger charge is 2.41. The first-order chi connectivity index (χ1) is 10.6. The van der Waals surface area contributed by atoms with Crippen molar-refractivity contribution in [3.8, 4) is 0 Å². The number of allylic oxidation sites excluding steroid dienone is 1. The van der Waals surface area contributed by atoms with Gasteiger partial charge in [0.15, 0.2) is 0 Å². The van der Waals surface area contributed by atoms with Crippen LogP contribution in [-0.2, 0) is 14.3 Å². The van der Waals surface area contributed by atoms with Gasteiger partial charge in [-0.15, -0.1) is 11.3 Å². The number of thiophene rings is 1. The summed E-state index contributed by atoms with van der Waals surface area (Å²) in [6.45, 7) is 1.84. The highest BCUT2D eigenvalue weighted by molar-refractivity contribution is 7.10. The summed E-state index contributed by atoms with van der Waals surface area (Å²) < 4.78 is 4.90. The van der Waals surface area contributed by atoms with Crippen molar-refractivity contribution < 1.29 is 14.3 Å². The molecular weight excluding hydrogens is 298 g/mol. The van der Waals surface area contributed by atoms with Crippen LogP contribution >= 0.6 is 11.3 Å². The van der Waals surface area contributed by atoms with E-state index in [1.165, 1.54) is 7.11 Å². The Hall–Kier alpha value is -1.88. The fraction of sp³-hybridized carbons (Fsp3) is 0.412. The smallest absolute Gasteiger partial charge is 0.340 e. The maximum Gasteiger partial charge on any atom is 0.340 e. The monoisotopic (exact) mass is 317 g/mol. The number of carbonyl (C=O) groups excluding carboxylic acids is 2. The van der Waals surface area contributed by atoms with E-state index in [0.717, 1.165) is 36.3 Å².